The SMILES string of the molecule is COc1ccc(S(=O)(=O)N(C)Cc2cccc(OC)c2OC)cc1NC(C)=O. The third kappa shape index (κ3) is 4.55. The number of benzene rings is 2. The number of sulfonamides is 1. The highest BCUT2D eigenvalue weighted by molar-refractivity contribution is 7.89. The van der Waals surface area contributed by atoms with E-state index >= 15 is 0 Å². The van der Waals surface area contributed by atoms with E-state index in [4.69, 9.17) is 14.2 Å². The molecule has 152 valence electrons. The molecule has 0 aliphatic heterocycles. The summed E-state index contributed by atoms with van der Waals surface area (Å²) in [4.78, 5) is 11.4. The lowest BCUT2D eigenvalue weighted by molar-refractivity contribution is -0.114. The Labute approximate surface area is 165 Å². The van der Waals surface area contributed by atoms with Crippen LogP contribution in [-0.4, -0.2) is 47.0 Å². The molecule has 0 saturated carbocycles. The molecule has 2 rings (SSSR count). The predicted octanol–water partition coefficient (Wildman–Crippen LogP) is 2.49. The quantitative estimate of drug-likeness (QED) is 0.721. The van der Waals surface area contributed by atoms with Gasteiger partial charge in [0.05, 0.1) is 31.9 Å². The van der Waals surface area contributed by atoms with E-state index in [2.05, 4.69) is 5.32 Å². The molecule has 0 unspecified atom stereocenters. The van der Waals surface area contributed by atoms with Gasteiger partial charge in [-0.2, -0.15) is 4.31 Å². The molecule has 28 heavy (non-hydrogen) atoms. The van der Waals surface area contributed by atoms with Gasteiger partial charge in [-0.1, -0.05) is 12.1 Å². The van der Waals surface area contributed by atoms with Crippen molar-refractivity contribution in [3.63, 3.8) is 0 Å². The fourth-order valence-corrected chi connectivity index (χ4v) is 3.89. The zero-order chi connectivity index (χ0) is 20.9. The minimum absolute atomic E-state index is 0.0291. The molecular weight excluding hydrogens is 384 g/mol. The van der Waals surface area contributed by atoms with Crippen LogP contribution in [-0.2, 0) is 21.4 Å². The first-order valence-corrected chi connectivity index (χ1v) is 9.80. The lowest BCUT2D eigenvalue weighted by Crippen LogP contribution is -2.27. The van der Waals surface area contributed by atoms with Crippen molar-refractivity contribution in [2.24, 2.45) is 0 Å². The second kappa shape index (κ2) is 8.94. The third-order valence-corrected chi connectivity index (χ3v) is 5.87. The number of rotatable bonds is 8. The summed E-state index contributed by atoms with van der Waals surface area (Å²) < 4.78 is 43.1. The fourth-order valence-electron chi connectivity index (χ4n) is 2.72. The van der Waals surface area contributed by atoms with Crippen LogP contribution in [0.3, 0.4) is 0 Å². The van der Waals surface area contributed by atoms with Crippen molar-refractivity contribution in [1.82, 2.24) is 4.31 Å². The number of hydrogen-bond acceptors (Lipinski definition) is 6. The lowest BCUT2D eigenvalue weighted by atomic mass is 10.2. The number of amides is 1. The maximum Gasteiger partial charge on any atom is 0.243 e. The molecule has 2 aromatic rings. The van der Waals surface area contributed by atoms with Crippen molar-refractivity contribution in [3.05, 3.63) is 42.0 Å². The van der Waals surface area contributed by atoms with Gasteiger partial charge < -0.3 is 19.5 Å². The lowest BCUT2D eigenvalue weighted by Gasteiger charge is -2.20. The van der Waals surface area contributed by atoms with Gasteiger partial charge in [-0.25, -0.2) is 8.42 Å². The van der Waals surface area contributed by atoms with Crippen molar-refractivity contribution >= 4 is 21.6 Å². The van der Waals surface area contributed by atoms with E-state index in [1.165, 1.54) is 57.8 Å². The summed E-state index contributed by atoms with van der Waals surface area (Å²) in [5.74, 6) is 1.03. The number of carbonyl (C=O) groups is 1. The smallest absolute Gasteiger partial charge is 0.243 e. The molecule has 1 N–H and O–H groups in total. The van der Waals surface area contributed by atoms with Crippen LogP contribution in [0.15, 0.2) is 41.3 Å². The first-order chi connectivity index (χ1) is 13.2. The summed E-state index contributed by atoms with van der Waals surface area (Å²) in [5, 5.41) is 2.58. The predicted molar refractivity (Wildman–Crippen MR) is 105 cm³/mol. The van der Waals surface area contributed by atoms with Crippen molar-refractivity contribution in [2.75, 3.05) is 33.7 Å². The number of para-hydroxylation sites is 1. The molecule has 0 aliphatic rings. The standard InChI is InChI=1S/C19H24N2O6S/c1-13(22)20-16-11-15(9-10-17(16)25-3)28(23,24)21(2)12-14-7-6-8-18(26-4)19(14)27-5/h6-11H,12H2,1-5H3,(H,20,22). The molecule has 9 heteroatoms. The van der Waals surface area contributed by atoms with Crippen LogP contribution in [0.1, 0.15) is 12.5 Å². The highest BCUT2D eigenvalue weighted by Crippen LogP contribution is 2.33. The second-order valence-corrected chi connectivity index (χ2v) is 8.00. The van der Waals surface area contributed by atoms with Crippen LogP contribution in [0.25, 0.3) is 0 Å². The Bertz CT molecular complexity index is 959. The van der Waals surface area contributed by atoms with E-state index in [1.807, 2.05) is 0 Å². The number of nitrogens with zero attached hydrogens (tertiary/aromatic N) is 1. The number of ether oxygens (including phenoxy) is 3. The van der Waals surface area contributed by atoms with Crippen molar-refractivity contribution in [3.8, 4) is 17.2 Å². The van der Waals surface area contributed by atoms with Crippen LogP contribution in [0.4, 0.5) is 5.69 Å². The second-order valence-electron chi connectivity index (χ2n) is 5.96. The Morgan fingerprint density at radius 1 is 1.04 bits per heavy atom. The Morgan fingerprint density at radius 2 is 1.71 bits per heavy atom. The van der Waals surface area contributed by atoms with Crippen LogP contribution in [0.2, 0.25) is 0 Å². The van der Waals surface area contributed by atoms with Crippen molar-refractivity contribution in [2.45, 2.75) is 18.4 Å². The number of hydrogen-bond donors (Lipinski definition) is 1. The maximum atomic E-state index is 13.0. The molecule has 0 atom stereocenters. The molecule has 0 saturated heterocycles. The van der Waals surface area contributed by atoms with Gasteiger partial charge in [0.2, 0.25) is 15.9 Å². The molecule has 0 aromatic heterocycles. The first kappa shape index (κ1) is 21.5. The molecule has 0 fully saturated rings. The van der Waals surface area contributed by atoms with Crippen molar-refractivity contribution in [1.29, 1.82) is 0 Å². The number of nitrogens with one attached hydrogen (secondary N) is 1. The summed E-state index contributed by atoms with van der Waals surface area (Å²) in [7, 11) is 2.09. The Balaban J connectivity index is 2.38. The van der Waals surface area contributed by atoms with Gasteiger partial charge in [0.15, 0.2) is 11.5 Å². The average Bonchev–Trinajstić information content (AvgIpc) is 2.67. The first-order valence-electron chi connectivity index (χ1n) is 8.36. The molecule has 0 aliphatic carbocycles. The zero-order valence-electron chi connectivity index (χ0n) is 16.5. The molecule has 0 bridgehead atoms. The van der Waals surface area contributed by atoms with E-state index in [1.54, 1.807) is 18.2 Å². The molecule has 0 radical (unpaired) electrons. The van der Waals surface area contributed by atoms with E-state index < -0.39 is 10.0 Å². The Morgan fingerprint density at radius 3 is 2.29 bits per heavy atom. The van der Waals surface area contributed by atoms with Gasteiger partial charge in [-0.15, -0.1) is 0 Å². The van der Waals surface area contributed by atoms with Gasteiger partial charge in [0, 0.05) is 26.1 Å². The number of anilines is 1. The number of carbonyl (C=O) groups excluding carboxylic acids is 1. The summed E-state index contributed by atoms with van der Waals surface area (Å²) in [6.07, 6.45) is 0. The van der Waals surface area contributed by atoms with Crippen LogP contribution in [0, 0.1) is 0 Å². The molecule has 1 amide bonds. The van der Waals surface area contributed by atoms with Gasteiger partial charge in [0.1, 0.15) is 5.75 Å². The van der Waals surface area contributed by atoms with Crippen LogP contribution >= 0.6 is 0 Å². The minimum atomic E-state index is -3.83. The van der Waals surface area contributed by atoms with E-state index in [0.29, 0.717) is 22.8 Å². The Kier molecular flexibility index (Phi) is 6.87. The molecule has 2 aromatic carbocycles. The number of methoxy groups -OCH3 is 3. The summed E-state index contributed by atoms with van der Waals surface area (Å²) in [6, 6.07) is 9.56. The van der Waals surface area contributed by atoms with Gasteiger partial charge in [0.25, 0.3) is 0 Å². The zero-order valence-corrected chi connectivity index (χ0v) is 17.3. The van der Waals surface area contributed by atoms with Gasteiger partial charge in [-0.05, 0) is 24.3 Å². The summed E-state index contributed by atoms with van der Waals surface area (Å²) >= 11 is 0. The van der Waals surface area contributed by atoms with Gasteiger partial charge in [-0.3, -0.25) is 4.79 Å². The van der Waals surface area contributed by atoms with Crippen molar-refractivity contribution < 1.29 is 27.4 Å². The molecule has 8 nitrogen and oxygen atoms in total. The third-order valence-electron chi connectivity index (χ3n) is 4.07. The summed E-state index contributed by atoms with van der Waals surface area (Å²) in [5.41, 5.74) is 0.937. The largest absolute Gasteiger partial charge is 0.495 e. The highest BCUT2D eigenvalue weighted by atomic mass is 32.2. The van der Waals surface area contributed by atoms with E-state index in [-0.39, 0.29) is 23.0 Å². The fraction of sp³-hybridized carbons (Fsp3) is 0.316. The highest BCUT2D eigenvalue weighted by Gasteiger charge is 2.24. The maximum absolute atomic E-state index is 13.0. The summed E-state index contributed by atoms with van der Waals surface area (Å²) in [6.45, 7) is 1.41. The Hall–Kier alpha value is -2.78. The monoisotopic (exact) mass is 408 g/mol. The van der Waals surface area contributed by atoms with E-state index in [0.717, 1.165) is 0 Å². The topological polar surface area (TPSA) is 94.2 Å². The normalized spacial score (nSPS) is 11.2. The van der Waals surface area contributed by atoms with Crippen LogP contribution in [0.5, 0.6) is 17.2 Å². The van der Waals surface area contributed by atoms with Gasteiger partial charge >= 0.3 is 0 Å². The molecular formula is C19H24N2O6S. The average molecular weight is 408 g/mol. The van der Waals surface area contributed by atoms with Crippen LogP contribution < -0.4 is 19.5 Å². The molecule has 0 heterocycles. The van der Waals surface area contributed by atoms with E-state index in [9.17, 15) is 13.2 Å². The molecule has 0 spiro atoms. The minimum Gasteiger partial charge on any atom is -0.495 e.